The molecule has 1 aliphatic heterocycles. The Bertz CT molecular complexity index is 452. The smallest absolute Gasteiger partial charge is 0.242 e. The van der Waals surface area contributed by atoms with Crippen molar-refractivity contribution in [2.45, 2.75) is 17.4 Å². The van der Waals surface area contributed by atoms with Crippen LogP contribution >= 0.6 is 11.8 Å². The van der Waals surface area contributed by atoms with Gasteiger partial charge in [0.15, 0.2) is 0 Å². The van der Waals surface area contributed by atoms with Crippen LogP contribution in [0, 0.1) is 0 Å². The third-order valence-corrected chi connectivity index (χ3v) is 4.99. The quantitative estimate of drug-likeness (QED) is 0.823. The summed E-state index contributed by atoms with van der Waals surface area (Å²) in [6.07, 6.45) is 2.16. The van der Waals surface area contributed by atoms with Crippen LogP contribution in [0.25, 0.3) is 0 Å². The second kappa shape index (κ2) is 4.60. The number of nitrogens with two attached hydrogens (primary N) is 1. The van der Waals surface area contributed by atoms with E-state index in [1.807, 2.05) is 0 Å². The maximum absolute atomic E-state index is 11.9. The van der Waals surface area contributed by atoms with E-state index >= 15 is 0 Å². The van der Waals surface area contributed by atoms with Crippen LogP contribution in [-0.2, 0) is 10.0 Å². The van der Waals surface area contributed by atoms with Gasteiger partial charge in [0.1, 0.15) is 10.7 Å². The molecule has 0 aromatic carbocycles. The summed E-state index contributed by atoms with van der Waals surface area (Å²) in [5.41, 5.74) is 5.40. The first-order valence-electron chi connectivity index (χ1n) is 4.89. The minimum Gasteiger partial charge on any atom is -0.384 e. The number of nitrogens with one attached hydrogen (secondary N) is 1. The number of sulfonamides is 1. The van der Waals surface area contributed by atoms with Crippen molar-refractivity contribution in [1.82, 2.24) is 9.71 Å². The summed E-state index contributed by atoms with van der Waals surface area (Å²) in [6, 6.07) is 2.98. The van der Waals surface area contributed by atoms with Gasteiger partial charge in [-0.05, 0) is 24.3 Å². The maximum atomic E-state index is 11.9. The van der Waals surface area contributed by atoms with Gasteiger partial charge in [-0.15, -0.1) is 0 Å². The van der Waals surface area contributed by atoms with Crippen molar-refractivity contribution in [3.8, 4) is 0 Å². The van der Waals surface area contributed by atoms with E-state index in [0.29, 0.717) is 5.82 Å². The highest BCUT2D eigenvalue weighted by molar-refractivity contribution is 7.99. The normalized spacial score (nSPS) is 21.1. The average Bonchev–Trinajstić information content (AvgIpc) is 2.70. The van der Waals surface area contributed by atoms with Crippen LogP contribution in [0.4, 0.5) is 5.82 Å². The Kier molecular flexibility index (Phi) is 3.36. The minimum atomic E-state index is -3.44. The standard InChI is InChI=1S/C9H13N3O2S2/c10-9-2-1-8(5-11-9)16(13,14)12-7-3-4-15-6-7/h1-2,5,7,12H,3-4,6H2,(H2,10,11). The van der Waals surface area contributed by atoms with Crippen LogP contribution < -0.4 is 10.5 Å². The number of hydrogen-bond acceptors (Lipinski definition) is 5. The lowest BCUT2D eigenvalue weighted by molar-refractivity contribution is 0.563. The molecule has 1 unspecified atom stereocenters. The SMILES string of the molecule is Nc1ccc(S(=O)(=O)NC2CCSC2)cn1. The molecule has 88 valence electrons. The summed E-state index contributed by atoms with van der Waals surface area (Å²) in [4.78, 5) is 3.94. The van der Waals surface area contributed by atoms with E-state index in [-0.39, 0.29) is 10.9 Å². The zero-order valence-corrected chi connectivity index (χ0v) is 10.2. The lowest BCUT2D eigenvalue weighted by Gasteiger charge is -2.11. The number of nitrogen functional groups attached to an aromatic ring is 1. The lowest BCUT2D eigenvalue weighted by Crippen LogP contribution is -2.34. The van der Waals surface area contributed by atoms with Crippen molar-refractivity contribution in [3.63, 3.8) is 0 Å². The number of nitrogens with zero attached hydrogens (tertiary/aromatic N) is 1. The van der Waals surface area contributed by atoms with Gasteiger partial charge >= 0.3 is 0 Å². The van der Waals surface area contributed by atoms with Crippen LogP contribution in [0.15, 0.2) is 23.2 Å². The number of aromatic nitrogens is 1. The largest absolute Gasteiger partial charge is 0.384 e. The van der Waals surface area contributed by atoms with E-state index in [1.165, 1.54) is 18.3 Å². The predicted molar refractivity (Wildman–Crippen MR) is 64.7 cm³/mol. The van der Waals surface area contributed by atoms with E-state index in [0.717, 1.165) is 17.9 Å². The molecule has 0 spiro atoms. The van der Waals surface area contributed by atoms with Crippen LogP contribution in [0.5, 0.6) is 0 Å². The Morgan fingerprint density at radius 3 is 2.88 bits per heavy atom. The Morgan fingerprint density at radius 2 is 2.31 bits per heavy atom. The Balaban J connectivity index is 2.14. The molecule has 0 amide bonds. The monoisotopic (exact) mass is 259 g/mol. The van der Waals surface area contributed by atoms with Gasteiger partial charge in [-0.2, -0.15) is 11.8 Å². The van der Waals surface area contributed by atoms with Gasteiger partial charge in [-0.25, -0.2) is 18.1 Å². The van der Waals surface area contributed by atoms with Gasteiger partial charge in [0.2, 0.25) is 10.0 Å². The Hall–Kier alpha value is -0.790. The molecule has 0 aliphatic carbocycles. The molecule has 1 aliphatic rings. The molecule has 2 rings (SSSR count). The average molecular weight is 259 g/mol. The fraction of sp³-hybridized carbons (Fsp3) is 0.444. The highest BCUT2D eigenvalue weighted by atomic mass is 32.2. The number of anilines is 1. The third kappa shape index (κ3) is 2.66. The topological polar surface area (TPSA) is 85.1 Å². The van der Waals surface area contributed by atoms with Gasteiger partial charge in [0, 0.05) is 18.0 Å². The molecule has 5 nitrogen and oxygen atoms in total. The van der Waals surface area contributed by atoms with Crippen LogP contribution in [-0.4, -0.2) is 30.9 Å². The second-order valence-electron chi connectivity index (χ2n) is 3.60. The van der Waals surface area contributed by atoms with Crippen molar-refractivity contribution in [3.05, 3.63) is 18.3 Å². The summed E-state index contributed by atoms with van der Waals surface area (Å²) in [7, 11) is -3.44. The fourth-order valence-electron chi connectivity index (χ4n) is 1.47. The summed E-state index contributed by atoms with van der Waals surface area (Å²) in [5.74, 6) is 2.16. The zero-order valence-electron chi connectivity index (χ0n) is 8.59. The van der Waals surface area contributed by atoms with Crippen molar-refractivity contribution in [2.24, 2.45) is 0 Å². The molecule has 0 bridgehead atoms. The first kappa shape index (κ1) is 11.7. The molecule has 0 saturated carbocycles. The van der Waals surface area contributed by atoms with Crippen LogP contribution in [0.1, 0.15) is 6.42 Å². The van der Waals surface area contributed by atoms with Crippen molar-refractivity contribution >= 4 is 27.6 Å². The van der Waals surface area contributed by atoms with E-state index in [4.69, 9.17) is 5.73 Å². The first-order valence-corrected chi connectivity index (χ1v) is 7.53. The molecule has 7 heteroatoms. The summed E-state index contributed by atoms with van der Waals surface area (Å²) in [6.45, 7) is 0. The number of rotatable bonds is 3. The summed E-state index contributed by atoms with van der Waals surface area (Å²) >= 11 is 1.76. The number of pyridine rings is 1. The van der Waals surface area contributed by atoms with E-state index in [2.05, 4.69) is 9.71 Å². The minimum absolute atomic E-state index is 0.0348. The zero-order chi connectivity index (χ0) is 11.6. The summed E-state index contributed by atoms with van der Waals surface area (Å²) in [5, 5.41) is 0. The molecule has 3 N–H and O–H groups in total. The molecule has 1 aromatic rings. The van der Waals surface area contributed by atoms with E-state index in [9.17, 15) is 8.42 Å². The molecule has 0 radical (unpaired) electrons. The van der Waals surface area contributed by atoms with Crippen molar-refractivity contribution in [1.29, 1.82) is 0 Å². The fourth-order valence-corrected chi connectivity index (χ4v) is 3.94. The lowest BCUT2D eigenvalue weighted by atomic mass is 10.3. The molecule has 2 heterocycles. The van der Waals surface area contributed by atoms with E-state index < -0.39 is 10.0 Å². The third-order valence-electron chi connectivity index (χ3n) is 2.32. The Labute approximate surface area is 98.9 Å². The van der Waals surface area contributed by atoms with E-state index in [1.54, 1.807) is 11.8 Å². The molecular formula is C9H13N3O2S2. The van der Waals surface area contributed by atoms with Gasteiger partial charge in [0.05, 0.1) is 0 Å². The van der Waals surface area contributed by atoms with Gasteiger partial charge in [0.25, 0.3) is 0 Å². The van der Waals surface area contributed by atoms with Crippen molar-refractivity contribution < 1.29 is 8.42 Å². The molecule has 1 atom stereocenters. The van der Waals surface area contributed by atoms with Gasteiger partial charge in [-0.1, -0.05) is 0 Å². The number of thioether (sulfide) groups is 1. The van der Waals surface area contributed by atoms with Crippen molar-refractivity contribution in [2.75, 3.05) is 17.2 Å². The van der Waals surface area contributed by atoms with Crippen LogP contribution in [0.2, 0.25) is 0 Å². The first-order chi connectivity index (χ1) is 7.58. The molecule has 1 saturated heterocycles. The van der Waals surface area contributed by atoms with Gasteiger partial charge < -0.3 is 5.73 Å². The predicted octanol–water partition coefficient (Wildman–Crippen LogP) is 0.448. The molecule has 16 heavy (non-hydrogen) atoms. The Morgan fingerprint density at radius 1 is 1.50 bits per heavy atom. The second-order valence-corrected chi connectivity index (χ2v) is 6.46. The summed E-state index contributed by atoms with van der Waals surface area (Å²) < 4.78 is 26.5. The number of hydrogen-bond donors (Lipinski definition) is 2. The molecule has 1 fully saturated rings. The highest BCUT2D eigenvalue weighted by Gasteiger charge is 2.23. The maximum Gasteiger partial charge on any atom is 0.242 e. The molecular weight excluding hydrogens is 246 g/mol. The molecule has 1 aromatic heterocycles. The van der Waals surface area contributed by atoms with Crippen LogP contribution in [0.3, 0.4) is 0 Å². The van der Waals surface area contributed by atoms with Gasteiger partial charge in [-0.3, -0.25) is 0 Å². The highest BCUT2D eigenvalue weighted by Crippen LogP contribution is 2.19.